The molecule has 9 heteroatoms. The van der Waals surface area contributed by atoms with Gasteiger partial charge in [0.1, 0.15) is 0 Å². The van der Waals surface area contributed by atoms with Crippen LogP contribution in [0, 0.1) is 5.92 Å². The summed E-state index contributed by atoms with van der Waals surface area (Å²) in [6.07, 6.45) is 3.21. The minimum atomic E-state index is -1.80. The number of hydrogen-bond donors (Lipinski definition) is 7. The van der Waals surface area contributed by atoms with Gasteiger partial charge in [-0.05, 0) is 25.3 Å². The molecular weight excluding hydrogens is 380 g/mol. The maximum absolute atomic E-state index is 13.1. The molecular formula is C19H38N4O4S. The molecule has 0 aliphatic carbocycles. The first-order valence-corrected chi connectivity index (χ1v) is 10.9. The zero-order valence-corrected chi connectivity index (χ0v) is 18.0. The Kier molecular flexibility index (Phi) is 11.5. The molecule has 0 bridgehead atoms. The zero-order valence-electron chi connectivity index (χ0n) is 17.1. The van der Waals surface area contributed by atoms with Crippen LogP contribution in [-0.4, -0.2) is 77.6 Å². The number of carbonyl (C=O) groups is 2. The van der Waals surface area contributed by atoms with Crippen molar-refractivity contribution in [1.29, 1.82) is 0 Å². The molecule has 0 aromatic rings. The first-order chi connectivity index (χ1) is 13.3. The second-order valence-electron chi connectivity index (χ2n) is 7.77. The average Bonchev–Trinajstić information content (AvgIpc) is 2.71. The van der Waals surface area contributed by atoms with Crippen molar-refractivity contribution in [1.82, 2.24) is 16.0 Å². The maximum Gasteiger partial charge on any atom is 0.331 e. The standard InChI is InChI=1S/C19H38N4O4S/c1-3-13(2)16(22-10-14(20)12-28)11-23-19(7-9-24,18(26)27)17(25)15-6-4-5-8-21-15/h13-16,21-24,28H,3-12,20H2,1-2H3,(H,26,27)/t13?,14-,15?,16-,19+/m1/s1. The van der Waals surface area contributed by atoms with Gasteiger partial charge >= 0.3 is 5.97 Å². The fourth-order valence-electron chi connectivity index (χ4n) is 3.54. The maximum atomic E-state index is 13.1. The van der Waals surface area contributed by atoms with Crippen molar-refractivity contribution >= 4 is 24.4 Å². The van der Waals surface area contributed by atoms with Gasteiger partial charge in [-0.25, -0.2) is 4.79 Å². The summed E-state index contributed by atoms with van der Waals surface area (Å²) in [5.41, 5.74) is 4.13. The Hall–Kier alpha value is -0.710. The van der Waals surface area contributed by atoms with Gasteiger partial charge in [0.15, 0.2) is 11.3 Å². The highest BCUT2D eigenvalue weighted by Gasteiger charge is 2.48. The van der Waals surface area contributed by atoms with Gasteiger partial charge in [0, 0.05) is 44.0 Å². The molecule has 1 rings (SSSR count). The molecule has 0 spiro atoms. The smallest absolute Gasteiger partial charge is 0.331 e. The minimum absolute atomic E-state index is 0.0551. The van der Waals surface area contributed by atoms with Crippen LogP contribution in [0.2, 0.25) is 0 Å². The van der Waals surface area contributed by atoms with Crippen LogP contribution < -0.4 is 21.7 Å². The van der Waals surface area contributed by atoms with Gasteiger partial charge in [-0.3, -0.25) is 10.1 Å². The van der Waals surface area contributed by atoms with Crippen molar-refractivity contribution in [3.63, 3.8) is 0 Å². The lowest BCUT2D eigenvalue weighted by Crippen LogP contribution is -2.66. The van der Waals surface area contributed by atoms with Gasteiger partial charge in [-0.2, -0.15) is 12.6 Å². The van der Waals surface area contributed by atoms with E-state index in [0.717, 1.165) is 19.3 Å². The summed E-state index contributed by atoms with van der Waals surface area (Å²) < 4.78 is 0. The van der Waals surface area contributed by atoms with Crippen molar-refractivity contribution in [2.75, 3.05) is 32.0 Å². The van der Waals surface area contributed by atoms with Crippen LogP contribution in [0.15, 0.2) is 0 Å². The third-order valence-electron chi connectivity index (χ3n) is 5.73. The van der Waals surface area contributed by atoms with Gasteiger partial charge in [-0.15, -0.1) is 0 Å². The van der Waals surface area contributed by atoms with E-state index in [1.54, 1.807) is 0 Å². The van der Waals surface area contributed by atoms with Crippen molar-refractivity contribution < 1.29 is 19.8 Å². The van der Waals surface area contributed by atoms with Gasteiger partial charge in [0.25, 0.3) is 0 Å². The predicted molar refractivity (Wildman–Crippen MR) is 114 cm³/mol. The number of rotatable bonds is 14. The molecule has 1 saturated heterocycles. The lowest BCUT2D eigenvalue weighted by atomic mass is 9.83. The van der Waals surface area contributed by atoms with E-state index >= 15 is 0 Å². The second kappa shape index (κ2) is 12.8. The molecule has 2 unspecified atom stereocenters. The number of carboxylic acids is 1. The van der Waals surface area contributed by atoms with Crippen molar-refractivity contribution in [2.45, 2.75) is 69.6 Å². The van der Waals surface area contributed by atoms with E-state index in [1.807, 2.05) is 0 Å². The van der Waals surface area contributed by atoms with E-state index < -0.39 is 23.3 Å². The molecule has 0 aromatic heterocycles. The van der Waals surface area contributed by atoms with Gasteiger partial charge in [0.05, 0.1) is 6.04 Å². The van der Waals surface area contributed by atoms with Crippen molar-refractivity contribution in [3.8, 4) is 0 Å². The summed E-state index contributed by atoms with van der Waals surface area (Å²) in [6.45, 7) is 5.29. The van der Waals surface area contributed by atoms with Crippen molar-refractivity contribution in [2.24, 2.45) is 11.7 Å². The van der Waals surface area contributed by atoms with Crippen LogP contribution in [0.3, 0.4) is 0 Å². The highest BCUT2D eigenvalue weighted by molar-refractivity contribution is 7.80. The summed E-state index contributed by atoms with van der Waals surface area (Å²) in [6, 6.07) is -0.665. The fourth-order valence-corrected chi connectivity index (χ4v) is 3.67. The molecule has 164 valence electrons. The molecule has 0 radical (unpaired) electrons. The van der Waals surface area contributed by atoms with Crippen LogP contribution in [0.25, 0.3) is 0 Å². The van der Waals surface area contributed by atoms with Crippen LogP contribution in [0.4, 0.5) is 0 Å². The molecule has 7 N–H and O–H groups in total. The number of carboxylic acid groups (broad SMARTS) is 1. The number of aliphatic carboxylic acids is 1. The predicted octanol–water partition coefficient (Wildman–Crippen LogP) is -0.246. The average molecular weight is 419 g/mol. The van der Waals surface area contributed by atoms with Gasteiger partial charge < -0.3 is 26.6 Å². The highest BCUT2D eigenvalue weighted by atomic mass is 32.1. The van der Waals surface area contributed by atoms with E-state index in [9.17, 15) is 19.8 Å². The summed E-state index contributed by atoms with van der Waals surface area (Å²) in [5, 5.41) is 29.0. The molecule has 0 amide bonds. The Labute approximate surface area is 173 Å². The fraction of sp³-hybridized carbons (Fsp3) is 0.895. The largest absolute Gasteiger partial charge is 0.480 e. The SMILES string of the molecule is CCC(C)[C@@H](CN[C@](CCO)(C(=O)O)C(=O)C1CCCCN1)NC[C@@H](N)CS. The number of hydrogen-bond acceptors (Lipinski definition) is 8. The van der Waals surface area contributed by atoms with E-state index in [4.69, 9.17) is 5.73 Å². The molecule has 0 aromatic carbocycles. The molecule has 1 heterocycles. The second-order valence-corrected chi connectivity index (χ2v) is 8.14. The topological polar surface area (TPSA) is 137 Å². The Balaban J connectivity index is 2.96. The number of nitrogens with one attached hydrogen (secondary N) is 3. The molecule has 5 atom stereocenters. The lowest BCUT2D eigenvalue weighted by molar-refractivity contribution is -0.152. The molecule has 0 saturated carbocycles. The van der Waals surface area contributed by atoms with Crippen LogP contribution >= 0.6 is 12.6 Å². The van der Waals surface area contributed by atoms with E-state index in [-0.39, 0.29) is 31.0 Å². The molecule has 8 nitrogen and oxygen atoms in total. The number of piperidine rings is 1. The number of thiol groups is 1. The third kappa shape index (κ3) is 6.96. The van der Waals surface area contributed by atoms with Crippen LogP contribution in [0.1, 0.15) is 46.0 Å². The van der Waals surface area contributed by atoms with Crippen LogP contribution in [-0.2, 0) is 9.59 Å². The molecule has 1 aliphatic rings. The van der Waals surface area contributed by atoms with Crippen molar-refractivity contribution in [3.05, 3.63) is 0 Å². The Morgan fingerprint density at radius 1 is 1.36 bits per heavy atom. The molecule has 28 heavy (non-hydrogen) atoms. The highest BCUT2D eigenvalue weighted by Crippen LogP contribution is 2.20. The molecule has 1 aliphatic heterocycles. The van der Waals surface area contributed by atoms with Gasteiger partial charge in [0.2, 0.25) is 0 Å². The lowest BCUT2D eigenvalue weighted by Gasteiger charge is -2.36. The normalized spacial score (nSPS) is 22.8. The van der Waals surface area contributed by atoms with Gasteiger partial charge in [-0.1, -0.05) is 26.7 Å². The van der Waals surface area contributed by atoms with E-state index in [1.165, 1.54) is 0 Å². The monoisotopic (exact) mass is 418 g/mol. The third-order valence-corrected chi connectivity index (χ3v) is 6.20. The number of nitrogens with two attached hydrogens (primary N) is 1. The Morgan fingerprint density at radius 2 is 2.07 bits per heavy atom. The Bertz CT molecular complexity index is 491. The zero-order chi connectivity index (χ0) is 21.2. The number of carbonyl (C=O) groups excluding carboxylic acids is 1. The Morgan fingerprint density at radius 3 is 2.57 bits per heavy atom. The van der Waals surface area contributed by atoms with Crippen LogP contribution in [0.5, 0.6) is 0 Å². The summed E-state index contributed by atoms with van der Waals surface area (Å²) >= 11 is 4.19. The van der Waals surface area contributed by atoms with E-state index in [0.29, 0.717) is 31.8 Å². The minimum Gasteiger partial charge on any atom is -0.480 e. The number of aliphatic hydroxyl groups is 1. The quantitative estimate of drug-likeness (QED) is 0.152. The summed E-state index contributed by atoms with van der Waals surface area (Å²) in [7, 11) is 0. The first kappa shape index (κ1) is 25.3. The summed E-state index contributed by atoms with van der Waals surface area (Å²) in [5.74, 6) is -0.843. The first-order valence-electron chi connectivity index (χ1n) is 10.3. The summed E-state index contributed by atoms with van der Waals surface area (Å²) in [4.78, 5) is 25.3. The van der Waals surface area contributed by atoms with E-state index in [2.05, 4.69) is 42.4 Å². The molecule has 1 fully saturated rings. The number of Topliss-reactive ketones (excluding diaryl/α,β-unsaturated/α-hetero) is 1. The number of ketones is 1. The number of aliphatic hydroxyl groups excluding tert-OH is 1.